The molecule has 1 aliphatic heterocycles. The van der Waals surface area contributed by atoms with Gasteiger partial charge in [-0.2, -0.15) is 0 Å². The van der Waals surface area contributed by atoms with E-state index in [4.69, 9.17) is 4.52 Å². The molecule has 1 fully saturated rings. The molecule has 0 saturated heterocycles. The molecule has 7 nitrogen and oxygen atoms in total. The van der Waals surface area contributed by atoms with Gasteiger partial charge < -0.3 is 14.7 Å². The molecule has 0 radical (unpaired) electrons. The van der Waals surface area contributed by atoms with Crippen molar-refractivity contribution in [2.24, 2.45) is 0 Å². The number of nitrogens with one attached hydrogen (secondary N) is 1. The van der Waals surface area contributed by atoms with Crippen LogP contribution in [0.25, 0.3) is 0 Å². The number of pyridine rings is 1. The standard InChI is InChI=1S/C16H16N4O3/c1-16(2)10-8-17-13(19-14(21)12-5-6-18-23-12)7-11(10)20(15(16)22)9-3-4-9/h5-9H,3-4H2,1-2H3,(H,17,19,21). The van der Waals surface area contributed by atoms with E-state index in [9.17, 15) is 9.59 Å². The predicted molar refractivity (Wildman–Crippen MR) is 82.2 cm³/mol. The fourth-order valence-electron chi connectivity index (χ4n) is 2.93. The number of carbonyl (C=O) groups excluding carboxylic acids is 2. The van der Waals surface area contributed by atoms with Gasteiger partial charge in [0.05, 0.1) is 17.3 Å². The second-order valence-corrected chi connectivity index (χ2v) is 6.45. The number of anilines is 2. The van der Waals surface area contributed by atoms with Crippen LogP contribution in [0, 0.1) is 0 Å². The SMILES string of the molecule is CC1(C)C(=O)N(C2CC2)c2cc(NC(=O)c3ccno3)ncc21. The molecule has 0 spiro atoms. The Morgan fingerprint density at radius 3 is 2.87 bits per heavy atom. The Kier molecular flexibility index (Phi) is 2.81. The van der Waals surface area contributed by atoms with Crippen molar-refractivity contribution in [1.29, 1.82) is 0 Å². The van der Waals surface area contributed by atoms with Crippen LogP contribution in [0.4, 0.5) is 11.5 Å². The van der Waals surface area contributed by atoms with E-state index in [1.807, 2.05) is 18.7 Å². The van der Waals surface area contributed by atoms with Gasteiger partial charge in [0, 0.05) is 29.9 Å². The summed E-state index contributed by atoms with van der Waals surface area (Å²) in [5, 5.41) is 6.18. The minimum atomic E-state index is -0.585. The Labute approximate surface area is 132 Å². The molecule has 1 aliphatic carbocycles. The van der Waals surface area contributed by atoms with Crippen molar-refractivity contribution in [3.05, 3.63) is 35.9 Å². The molecule has 23 heavy (non-hydrogen) atoms. The lowest BCUT2D eigenvalue weighted by molar-refractivity contribution is -0.122. The van der Waals surface area contributed by atoms with E-state index in [2.05, 4.69) is 15.5 Å². The third-order valence-electron chi connectivity index (χ3n) is 4.38. The summed E-state index contributed by atoms with van der Waals surface area (Å²) in [6.07, 6.45) is 5.11. The van der Waals surface area contributed by atoms with Gasteiger partial charge in [-0.1, -0.05) is 5.16 Å². The Morgan fingerprint density at radius 1 is 1.43 bits per heavy atom. The van der Waals surface area contributed by atoms with E-state index in [-0.39, 0.29) is 17.7 Å². The predicted octanol–water partition coefficient (Wildman–Crippen LogP) is 2.11. The average molecular weight is 312 g/mol. The fraction of sp³-hybridized carbons (Fsp3) is 0.375. The third kappa shape index (κ3) is 2.11. The summed E-state index contributed by atoms with van der Waals surface area (Å²) in [6.45, 7) is 3.82. The molecular formula is C16H16N4O3. The Balaban J connectivity index is 1.68. The lowest BCUT2D eigenvalue weighted by Crippen LogP contribution is -2.37. The van der Waals surface area contributed by atoms with Crippen LogP contribution in [0.5, 0.6) is 0 Å². The first-order valence-electron chi connectivity index (χ1n) is 7.54. The number of nitrogens with zero attached hydrogens (tertiary/aromatic N) is 3. The number of carbonyl (C=O) groups is 2. The highest BCUT2D eigenvalue weighted by Gasteiger charge is 2.49. The topological polar surface area (TPSA) is 88.3 Å². The summed E-state index contributed by atoms with van der Waals surface area (Å²) in [5.74, 6) is 0.177. The maximum atomic E-state index is 12.7. The number of aromatic nitrogens is 2. The van der Waals surface area contributed by atoms with Crippen LogP contribution >= 0.6 is 0 Å². The minimum Gasteiger partial charge on any atom is -0.351 e. The van der Waals surface area contributed by atoms with Gasteiger partial charge in [0.1, 0.15) is 5.82 Å². The maximum absolute atomic E-state index is 12.7. The molecule has 118 valence electrons. The van der Waals surface area contributed by atoms with Crippen molar-refractivity contribution in [1.82, 2.24) is 10.1 Å². The number of hydrogen-bond donors (Lipinski definition) is 1. The van der Waals surface area contributed by atoms with Gasteiger partial charge in [-0.3, -0.25) is 9.59 Å². The van der Waals surface area contributed by atoms with Crippen LogP contribution in [0.3, 0.4) is 0 Å². The smallest absolute Gasteiger partial charge is 0.295 e. The molecule has 2 aromatic rings. The molecule has 2 aliphatic rings. The van der Waals surface area contributed by atoms with Crippen LogP contribution in [-0.2, 0) is 10.2 Å². The molecule has 4 rings (SSSR count). The maximum Gasteiger partial charge on any atom is 0.295 e. The quantitative estimate of drug-likeness (QED) is 0.937. The molecule has 0 atom stereocenters. The van der Waals surface area contributed by atoms with Crippen LogP contribution in [0.15, 0.2) is 29.0 Å². The van der Waals surface area contributed by atoms with Gasteiger partial charge in [-0.15, -0.1) is 0 Å². The van der Waals surface area contributed by atoms with Gasteiger partial charge in [-0.25, -0.2) is 4.98 Å². The van der Waals surface area contributed by atoms with Crippen LogP contribution in [0.2, 0.25) is 0 Å². The number of rotatable bonds is 3. The van der Waals surface area contributed by atoms with Gasteiger partial charge in [0.15, 0.2) is 0 Å². The van der Waals surface area contributed by atoms with Gasteiger partial charge >= 0.3 is 0 Å². The number of amides is 2. The molecule has 2 aromatic heterocycles. The number of fused-ring (bicyclic) bond motifs is 1. The highest BCUT2D eigenvalue weighted by molar-refractivity contribution is 6.09. The Morgan fingerprint density at radius 2 is 2.22 bits per heavy atom. The first-order valence-corrected chi connectivity index (χ1v) is 7.54. The Bertz CT molecular complexity index is 794. The van der Waals surface area contributed by atoms with Crippen molar-refractivity contribution in [2.45, 2.75) is 38.1 Å². The molecule has 3 heterocycles. The third-order valence-corrected chi connectivity index (χ3v) is 4.38. The highest BCUT2D eigenvalue weighted by Crippen LogP contribution is 2.46. The molecule has 1 N–H and O–H groups in total. The van der Waals surface area contributed by atoms with Crippen molar-refractivity contribution in [3.8, 4) is 0 Å². The van der Waals surface area contributed by atoms with Crippen molar-refractivity contribution in [3.63, 3.8) is 0 Å². The lowest BCUT2D eigenvalue weighted by atomic mass is 9.87. The first kappa shape index (κ1) is 13.9. The largest absolute Gasteiger partial charge is 0.351 e. The summed E-state index contributed by atoms with van der Waals surface area (Å²) in [7, 11) is 0. The zero-order valence-corrected chi connectivity index (χ0v) is 12.9. The monoisotopic (exact) mass is 312 g/mol. The normalized spacial score (nSPS) is 18.9. The molecule has 2 amide bonds. The van der Waals surface area contributed by atoms with Crippen molar-refractivity contribution < 1.29 is 14.1 Å². The van der Waals surface area contributed by atoms with Gasteiger partial charge in [-0.05, 0) is 26.7 Å². The van der Waals surface area contributed by atoms with Crippen LogP contribution < -0.4 is 10.2 Å². The minimum absolute atomic E-state index is 0.0931. The zero-order valence-electron chi connectivity index (χ0n) is 12.9. The highest BCUT2D eigenvalue weighted by atomic mass is 16.5. The molecule has 0 aromatic carbocycles. The summed E-state index contributed by atoms with van der Waals surface area (Å²) in [5.41, 5.74) is 1.15. The second kappa shape index (κ2) is 4.65. The van der Waals surface area contributed by atoms with E-state index in [1.54, 1.807) is 12.3 Å². The molecule has 0 bridgehead atoms. The number of hydrogen-bond acceptors (Lipinski definition) is 5. The van der Waals surface area contributed by atoms with Crippen LogP contribution in [-0.4, -0.2) is 28.0 Å². The summed E-state index contributed by atoms with van der Waals surface area (Å²) in [6, 6.07) is 3.50. The van der Waals surface area contributed by atoms with E-state index < -0.39 is 11.3 Å². The molecule has 1 saturated carbocycles. The van der Waals surface area contributed by atoms with Crippen LogP contribution in [0.1, 0.15) is 42.8 Å². The van der Waals surface area contributed by atoms with Crippen molar-refractivity contribution >= 4 is 23.3 Å². The molecular weight excluding hydrogens is 296 g/mol. The lowest BCUT2D eigenvalue weighted by Gasteiger charge is -2.19. The summed E-state index contributed by atoms with van der Waals surface area (Å²) in [4.78, 5) is 30.8. The summed E-state index contributed by atoms with van der Waals surface area (Å²) >= 11 is 0. The zero-order chi connectivity index (χ0) is 16.2. The summed E-state index contributed by atoms with van der Waals surface area (Å²) < 4.78 is 4.83. The van der Waals surface area contributed by atoms with Crippen molar-refractivity contribution in [2.75, 3.05) is 10.2 Å². The van der Waals surface area contributed by atoms with Gasteiger partial charge in [0.2, 0.25) is 11.7 Å². The first-order chi connectivity index (χ1) is 11.0. The van der Waals surface area contributed by atoms with E-state index in [1.165, 1.54) is 12.3 Å². The molecule has 0 unspecified atom stereocenters. The van der Waals surface area contributed by atoms with Gasteiger partial charge in [0.25, 0.3) is 5.91 Å². The van der Waals surface area contributed by atoms with E-state index in [0.29, 0.717) is 5.82 Å². The van der Waals surface area contributed by atoms with E-state index in [0.717, 1.165) is 24.1 Å². The second-order valence-electron chi connectivity index (χ2n) is 6.45. The average Bonchev–Trinajstić information content (AvgIpc) is 3.13. The molecule has 7 heteroatoms. The Hall–Kier alpha value is -2.70. The fourth-order valence-corrected chi connectivity index (χ4v) is 2.93. The van der Waals surface area contributed by atoms with E-state index >= 15 is 0 Å².